The quantitative estimate of drug-likeness (QED) is 0.774. The standard InChI is InChI=1S/C13H17NO2.ClH/c1-16-12-6-4-5-11(9-12)13(15)10-14-7-2-3-8-14;/h4-6,9H,2-3,7-8,10H2,1H3;1H. The normalized spacial score (nSPS) is 15.4. The van der Waals surface area contributed by atoms with Gasteiger partial charge in [-0.25, -0.2) is 0 Å². The average molecular weight is 256 g/mol. The van der Waals surface area contributed by atoms with Crippen LogP contribution in [0.4, 0.5) is 0 Å². The van der Waals surface area contributed by atoms with E-state index in [1.54, 1.807) is 13.2 Å². The molecule has 1 heterocycles. The first kappa shape index (κ1) is 14.0. The summed E-state index contributed by atoms with van der Waals surface area (Å²) in [6.45, 7) is 2.64. The van der Waals surface area contributed by atoms with Gasteiger partial charge in [-0.2, -0.15) is 0 Å². The minimum absolute atomic E-state index is 0. The Bertz CT molecular complexity index is 375. The highest BCUT2D eigenvalue weighted by Gasteiger charge is 2.16. The van der Waals surface area contributed by atoms with Crippen LogP contribution < -0.4 is 4.74 Å². The second-order valence-corrected chi connectivity index (χ2v) is 4.14. The van der Waals surface area contributed by atoms with Gasteiger partial charge < -0.3 is 4.74 Å². The third-order valence-corrected chi connectivity index (χ3v) is 2.96. The maximum absolute atomic E-state index is 12.0. The summed E-state index contributed by atoms with van der Waals surface area (Å²) in [5, 5.41) is 0. The molecular formula is C13H18ClNO2. The molecule has 0 spiro atoms. The molecule has 94 valence electrons. The van der Waals surface area contributed by atoms with Gasteiger partial charge in [0.1, 0.15) is 5.75 Å². The molecule has 0 N–H and O–H groups in total. The number of carbonyl (C=O) groups excluding carboxylic acids is 1. The van der Waals surface area contributed by atoms with Crippen molar-refractivity contribution in [2.75, 3.05) is 26.7 Å². The number of Topliss-reactive ketones (excluding diaryl/α,β-unsaturated/α-hetero) is 1. The van der Waals surface area contributed by atoms with Gasteiger partial charge in [0.15, 0.2) is 5.78 Å². The van der Waals surface area contributed by atoms with Gasteiger partial charge in [0, 0.05) is 5.56 Å². The number of hydrogen-bond acceptors (Lipinski definition) is 3. The van der Waals surface area contributed by atoms with Gasteiger partial charge >= 0.3 is 0 Å². The van der Waals surface area contributed by atoms with Crippen molar-refractivity contribution in [3.63, 3.8) is 0 Å². The summed E-state index contributed by atoms with van der Waals surface area (Å²) in [7, 11) is 1.62. The molecule has 1 saturated heterocycles. The zero-order valence-electron chi connectivity index (χ0n) is 10.0. The van der Waals surface area contributed by atoms with E-state index in [0.717, 1.165) is 24.4 Å². The third kappa shape index (κ3) is 3.72. The van der Waals surface area contributed by atoms with Crippen molar-refractivity contribution in [3.8, 4) is 5.75 Å². The van der Waals surface area contributed by atoms with Crippen LogP contribution in [-0.2, 0) is 0 Å². The summed E-state index contributed by atoms with van der Waals surface area (Å²) in [6.07, 6.45) is 2.43. The molecule has 2 rings (SSSR count). The molecule has 0 atom stereocenters. The van der Waals surface area contributed by atoms with Gasteiger partial charge in [-0.1, -0.05) is 12.1 Å². The van der Waals surface area contributed by atoms with Crippen LogP contribution in [0.5, 0.6) is 5.75 Å². The molecule has 0 radical (unpaired) electrons. The van der Waals surface area contributed by atoms with Crippen molar-refractivity contribution in [2.24, 2.45) is 0 Å². The number of nitrogens with zero attached hydrogens (tertiary/aromatic N) is 1. The largest absolute Gasteiger partial charge is 0.497 e. The fourth-order valence-electron chi connectivity index (χ4n) is 2.03. The Morgan fingerprint density at radius 1 is 1.35 bits per heavy atom. The lowest BCUT2D eigenvalue weighted by Gasteiger charge is -2.13. The number of ether oxygens (including phenoxy) is 1. The van der Waals surface area contributed by atoms with Gasteiger partial charge in [0.25, 0.3) is 0 Å². The van der Waals surface area contributed by atoms with E-state index in [1.807, 2.05) is 18.2 Å². The number of hydrogen-bond donors (Lipinski definition) is 0. The number of likely N-dealkylation sites (tertiary alicyclic amines) is 1. The predicted molar refractivity (Wildman–Crippen MR) is 70.2 cm³/mol. The monoisotopic (exact) mass is 255 g/mol. The molecule has 1 aliphatic heterocycles. The maximum Gasteiger partial charge on any atom is 0.176 e. The second-order valence-electron chi connectivity index (χ2n) is 4.14. The van der Waals surface area contributed by atoms with Crippen LogP contribution >= 0.6 is 12.4 Å². The van der Waals surface area contributed by atoms with E-state index < -0.39 is 0 Å². The van der Waals surface area contributed by atoms with Gasteiger partial charge in [0.05, 0.1) is 13.7 Å². The molecule has 1 aliphatic rings. The first-order valence-electron chi connectivity index (χ1n) is 5.69. The van der Waals surface area contributed by atoms with Gasteiger partial charge in [0.2, 0.25) is 0 Å². The molecule has 4 heteroatoms. The van der Waals surface area contributed by atoms with E-state index in [-0.39, 0.29) is 18.2 Å². The Kier molecular flexibility index (Phi) is 5.45. The smallest absolute Gasteiger partial charge is 0.176 e. The Hall–Kier alpha value is -1.06. The summed E-state index contributed by atoms with van der Waals surface area (Å²) in [4.78, 5) is 14.2. The van der Waals surface area contributed by atoms with Crippen LogP contribution in [0.25, 0.3) is 0 Å². The SMILES string of the molecule is COc1cccc(C(=O)CN2CCCC2)c1.Cl. The fraction of sp³-hybridized carbons (Fsp3) is 0.462. The fourth-order valence-corrected chi connectivity index (χ4v) is 2.03. The van der Waals surface area contributed by atoms with Crippen molar-refractivity contribution < 1.29 is 9.53 Å². The highest BCUT2D eigenvalue weighted by atomic mass is 35.5. The molecule has 17 heavy (non-hydrogen) atoms. The summed E-state index contributed by atoms with van der Waals surface area (Å²) >= 11 is 0. The van der Waals surface area contributed by atoms with Gasteiger partial charge in [-0.15, -0.1) is 12.4 Å². The number of halogens is 1. The highest BCUT2D eigenvalue weighted by molar-refractivity contribution is 5.97. The zero-order chi connectivity index (χ0) is 11.4. The predicted octanol–water partition coefficient (Wildman–Crippen LogP) is 2.40. The lowest BCUT2D eigenvalue weighted by molar-refractivity contribution is 0.0945. The first-order chi connectivity index (χ1) is 7.79. The minimum atomic E-state index is 0. The minimum Gasteiger partial charge on any atom is -0.497 e. The van der Waals surface area contributed by atoms with Crippen LogP contribution in [-0.4, -0.2) is 37.4 Å². The molecule has 1 aromatic rings. The molecule has 1 aromatic carbocycles. The number of rotatable bonds is 4. The highest BCUT2D eigenvalue weighted by Crippen LogP contribution is 2.14. The van der Waals surface area contributed by atoms with Crippen molar-refractivity contribution in [1.29, 1.82) is 0 Å². The lowest BCUT2D eigenvalue weighted by Crippen LogP contribution is -2.26. The molecule has 0 saturated carbocycles. The average Bonchev–Trinajstić information content (AvgIpc) is 2.82. The maximum atomic E-state index is 12.0. The number of methoxy groups -OCH3 is 1. The lowest BCUT2D eigenvalue weighted by atomic mass is 10.1. The first-order valence-corrected chi connectivity index (χ1v) is 5.69. The van der Waals surface area contributed by atoms with Crippen LogP contribution in [0, 0.1) is 0 Å². The number of carbonyl (C=O) groups is 1. The molecule has 0 amide bonds. The van der Waals surface area contributed by atoms with E-state index in [0.29, 0.717) is 6.54 Å². The van der Waals surface area contributed by atoms with Crippen molar-refractivity contribution >= 4 is 18.2 Å². The number of ketones is 1. The summed E-state index contributed by atoms with van der Waals surface area (Å²) in [5.41, 5.74) is 0.742. The van der Waals surface area contributed by atoms with E-state index >= 15 is 0 Å². The molecule has 3 nitrogen and oxygen atoms in total. The molecule has 0 bridgehead atoms. The van der Waals surface area contributed by atoms with Crippen molar-refractivity contribution in [2.45, 2.75) is 12.8 Å². The number of benzene rings is 1. The van der Waals surface area contributed by atoms with E-state index in [2.05, 4.69) is 4.90 Å². The summed E-state index contributed by atoms with van der Waals surface area (Å²) < 4.78 is 5.11. The van der Waals surface area contributed by atoms with Crippen LogP contribution in [0.1, 0.15) is 23.2 Å². The van der Waals surface area contributed by atoms with Crippen molar-refractivity contribution in [1.82, 2.24) is 4.90 Å². The molecule has 0 unspecified atom stereocenters. The van der Waals surface area contributed by atoms with E-state index in [9.17, 15) is 4.79 Å². The second kappa shape index (κ2) is 6.62. The van der Waals surface area contributed by atoms with Crippen molar-refractivity contribution in [3.05, 3.63) is 29.8 Å². The Morgan fingerprint density at radius 3 is 2.71 bits per heavy atom. The Labute approximate surface area is 108 Å². The zero-order valence-corrected chi connectivity index (χ0v) is 10.8. The van der Waals surface area contributed by atoms with Crippen LogP contribution in [0.2, 0.25) is 0 Å². The summed E-state index contributed by atoms with van der Waals surface area (Å²) in [5.74, 6) is 0.924. The topological polar surface area (TPSA) is 29.5 Å². The molecular weight excluding hydrogens is 238 g/mol. The van der Waals surface area contributed by atoms with E-state index in [4.69, 9.17) is 4.74 Å². The Balaban J connectivity index is 0.00000144. The van der Waals surface area contributed by atoms with E-state index in [1.165, 1.54) is 12.8 Å². The van der Waals surface area contributed by atoms with Crippen LogP contribution in [0.3, 0.4) is 0 Å². The van der Waals surface area contributed by atoms with Crippen LogP contribution in [0.15, 0.2) is 24.3 Å². The summed E-state index contributed by atoms with van der Waals surface area (Å²) in [6, 6.07) is 7.36. The molecule has 0 aliphatic carbocycles. The molecule has 0 aromatic heterocycles. The molecule has 1 fully saturated rings. The van der Waals surface area contributed by atoms with Gasteiger partial charge in [-0.05, 0) is 38.1 Å². The Morgan fingerprint density at radius 2 is 2.06 bits per heavy atom. The van der Waals surface area contributed by atoms with Gasteiger partial charge in [-0.3, -0.25) is 9.69 Å². The third-order valence-electron chi connectivity index (χ3n) is 2.96.